The Morgan fingerprint density at radius 1 is 1.23 bits per heavy atom. The smallest absolute Gasteiger partial charge is 0.301 e. The molecule has 1 fully saturated rings. The van der Waals surface area contributed by atoms with Crippen molar-refractivity contribution in [3.8, 4) is 11.5 Å². The van der Waals surface area contributed by atoms with Gasteiger partial charge in [-0.2, -0.15) is 0 Å². The Balaban J connectivity index is 1.64. The molecule has 5 rings (SSSR count). The second kappa shape index (κ2) is 10.9. The van der Waals surface area contributed by atoms with Crippen molar-refractivity contribution < 1.29 is 29.0 Å². The zero-order valence-corrected chi connectivity index (χ0v) is 24.0. The molecule has 0 spiro atoms. The standard InChI is InChI=1S/C31H32N2O6S/c1-16(2)11-12-38-23-8-6-7-20(15-23)26-25(27(35)21-9-10-24-22(14-21)13-17(3)39-24)28(36)30(37)33(26)31-32-18(4)29(40-31)19(5)34/h6-10,14-17,26,35H,11-13H2,1-5H3/t17-,26-/m1/s1. The lowest BCUT2D eigenvalue weighted by molar-refractivity contribution is -0.132. The van der Waals surface area contributed by atoms with Crippen molar-refractivity contribution in [1.29, 1.82) is 0 Å². The quantitative estimate of drug-likeness (QED) is 0.155. The average Bonchev–Trinajstić information content (AvgIpc) is 3.55. The van der Waals surface area contributed by atoms with Crippen LogP contribution in [0.25, 0.3) is 5.76 Å². The first-order valence-corrected chi connectivity index (χ1v) is 14.2. The van der Waals surface area contributed by atoms with E-state index in [0.717, 1.165) is 29.1 Å². The van der Waals surface area contributed by atoms with Gasteiger partial charge in [0.05, 0.1) is 28.8 Å². The maximum Gasteiger partial charge on any atom is 0.301 e. The van der Waals surface area contributed by atoms with Crippen LogP contribution in [0.4, 0.5) is 5.13 Å². The molecule has 9 heteroatoms. The number of amides is 1. The molecular weight excluding hydrogens is 528 g/mol. The largest absolute Gasteiger partial charge is 0.507 e. The van der Waals surface area contributed by atoms with Crippen molar-refractivity contribution in [2.75, 3.05) is 11.5 Å². The summed E-state index contributed by atoms with van der Waals surface area (Å²) in [6, 6.07) is 11.5. The number of hydrogen-bond donors (Lipinski definition) is 1. The van der Waals surface area contributed by atoms with Crippen LogP contribution >= 0.6 is 11.3 Å². The van der Waals surface area contributed by atoms with Crippen molar-refractivity contribution in [2.24, 2.45) is 5.92 Å². The van der Waals surface area contributed by atoms with Crippen LogP contribution in [-0.4, -0.2) is 40.3 Å². The van der Waals surface area contributed by atoms with Crippen LogP contribution in [0.2, 0.25) is 0 Å². The third-order valence-electron chi connectivity index (χ3n) is 7.06. The van der Waals surface area contributed by atoms with Gasteiger partial charge < -0.3 is 14.6 Å². The fraction of sp³-hybridized carbons (Fsp3) is 0.355. The molecule has 1 N–H and O–H groups in total. The molecule has 0 radical (unpaired) electrons. The number of carbonyl (C=O) groups excluding carboxylic acids is 3. The summed E-state index contributed by atoms with van der Waals surface area (Å²) in [5, 5.41) is 11.8. The summed E-state index contributed by atoms with van der Waals surface area (Å²) in [6.07, 6.45) is 1.56. The highest BCUT2D eigenvalue weighted by molar-refractivity contribution is 7.18. The van der Waals surface area contributed by atoms with Gasteiger partial charge in [0.2, 0.25) is 0 Å². The van der Waals surface area contributed by atoms with E-state index in [4.69, 9.17) is 9.47 Å². The Labute approximate surface area is 237 Å². The van der Waals surface area contributed by atoms with Crippen LogP contribution in [-0.2, 0) is 16.0 Å². The van der Waals surface area contributed by atoms with Gasteiger partial charge in [0.1, 0.15) is 23.4 Å². The van der Waals surface area contributed by atoms with Crippen LogP contribution in [0, 0.1) is 12.8 Å². The van der Waals surface area contributed by atoms with Gasteiger partial charge in [0, 0.05) is 18.9 Å². The number of Topliss-reactive ketones (excluding diaryl/α,β-unsaturated/α-hetero) is 2. The first-order valence-electron chi connectivity index (χ1n) is 13.4. The van der Waals surface area contributed by atoms with E-state index in [1.54, 1.807) is 43.3 Å². The Hall–Kier alpha value is -3.98. The molecule has 2 aliphatic heterocycles. The minimum atomic E-state index is -0.970. The number of ether oxygens (including phenoxy) is 2. The summed E-state index contributed by atoms with van der Waals surface area (Å²) < 4.78 is 11.8. The summed E-state index contributed by atoms with van der Waals surface area (Å²) in [5.41, 5.74) is 2.35. The Bertz CT molecular complexity index is 1540. The van der Waals surface area contributed by atoms with Gasteiger partial charge in [-0.25, -0.2) is 4.98 Å². The number of aliphatic hydroxyl groups excluding tert-OH is 1. The summed E-state index contributed by atoms with van der Waals surface area (Å²) in [7, 11) is 0. The number of fused-ring (bicyclic) bond motifs is 1. The van der Waals surface area contributed by atoms with Gasteiger partial charge in [-0.3, -0.25) is 19.3 Å². The highest BCUT2D eigenvalue weighted by atomic mass is 32.1. The highest BCUT2D eigenvalue weighted by Gasteiger charge is 2.48. The zero-order valence-electron chi connectivity index (χ0n) is 23.2. The summed E-state index contributed by atoms with van der Waals surface area (Å²) in [4.78, 5) is 45.5. The number of thiazole rings is 1. The predicted molar refractivity (Wildman–Crippen MR) is 153 cm³/mol. The Morgan fingerprint density at radius 3 is 2.70 bits per heavy atom. The molecule has 0 saturated carbocycles. The molecule has 40 heavy (non-hydrogen) atoms. The summed E-state index contributed by atoms with van der Waals surface area (Å²) >= 11 is 1.06. The fourth-order valence-electron chi connectivity index (χ4n) is 5.07. The van der Waals surface area contributed by atoms with Gasteiger partial charge in [0.25, 0.3) is 5.78 Å². The summed E-state index contributed by atoms with van der Waals surface area (Å²) in [5.74, 6) is -0.298. The predicted octanol–water partition coefficient (Wildman–Crippen LogP) is 6.03. The van der Waals surface area contributed by atoms with E-state index in [-0.39, 0.29) is 28.4 Å². The van der Waals surface area contributed by atoms with E-state index >= 15 is 0 Å². The molecule has 208 valence electrons. The molecule has 0 aliphatic carbocycles. The third-order valence-corrected chi connectivity index (χ3v) is 8.32. The van der Waals surface area contributed by atoms with E-state index in [1.165, 1.54) is 11.8 Å². The van der Waals surface area contributed by atoms with Crippen molar-refractivity contribution in [1.82, 2.24) is 4.98 Å². The van der Waals surface area contributed by atoms with Crippen molar-refractivity contribution >= 4 is 39.7 Å². The number of carbonyl (C=O) groups is 3. The molecule has 2 aromatic carbocycles. The number of aliphatic hydroxyl groups is 1. The minimum absolute atomic E-state index is 0.0139. The molecular formula is C31H32N2O6S. The van der Waals surface area contributed by atoms with Crippen LogP contribution in [0.15, 0.2) is 48.0 Å². The second-order valence-corrected chi connectivity index (χ2v) is 11.7. The lowest BCUT2D eigenvalue weighted by Gasteiger charge is -2.23. The van der Waals surface area contributed by atoms with Crippen LogP contribution < -0.4 is 14.4 Å². The van der Waals surface area contributed by atoms with E-state index in [2.05, 4.69) is 18.8 Å². The van der Waals surface area contributed by atoms with Gasteiger partial charge in [-0.15, -0.1) is 0 Å². The number of aromatic nitrogens is 1. The molecule has 1 saturated heterocycles. The number of ketones is 2. The Kier molecular flexibility index (Phi) is 7.51. The van der Waals surface area contributed by atoms with Gasteiger partial charge in [-0.1, -0.05) is 37.3 Å². The number of rotatable bonds is 8. The molecule has 1 aromatic heterocycles. The van der Waals surface area contributed by atoms with Crippen LogP contribution in [0.3, 0.4) is 0 Å². The molecule has 3 aromatic rings. The van der Waals surface area contributed by atoms with Crippen molar-refractivity contribution in [2.45, 2.75) is 59.6 Å². The fourth-order valence-corrected chi connectivity index (χ4v) is 6.06. The first kappa shape index (κ1) is 27.6. The Morgan fingerprint density at radius 2 is 2.00 bits per heavy atom. The minimum Gasteiger partial charge on any atom is -0.507 e. The van der Waals surface area contributed by atoms with E-state index in [1.807, 2.05) is 13.0 Å². The van der Waals surface area contributed by atoms with Crippen LogP contribution in [0.5, 0.6) is 11.5 Å². The molecule has 0 bridgehead atoms. The lowest BCUT2D eigenvalue weighted by Crippen LogP contribution is -2.29. The van der Waals surface area contributed by atoms with Crippen molar-refractivity contribution in [3.05, 3.63) is 75.3 Å². The number of hydrogen-bond acceptors (Lipinski definition) is 8. The SMILES string of the molecule is CC(=O)c1sc(N2C(=O)C(=O)C(=C(O)c3ccc4c(c3)C[C@@H](C)O4)[C@H]2c2cccc(OCCC(C)C)c2)nc1C. The maximum atomic E-state index is 13.6. The zero-order chi connectivity index (χ0) is 28.7. The topological polar surface area (TPSA) is 106 Å². The molecule has 3 heterocycles. The van der Waals surface area contributed by atoms with E-state index in [0.29, 0.717) is 46.4 Å². The second-order valence-electron chi connectivity index (χ2n) is 10.7. The van der Waals surface area contributed by atoms with Gasteiger partial charge >= 0.3 is 5.91 Å². The van der Waals surface area contributed by atoms with Crippen molar-refractivity contribution in [3.63, 3.8) is 0 Å². The lowest BCUT2D eigenvalue weighted by atomic mass is 9.94. The number of benzene rings is 2. The molecule has 1 amide bonds. The van der Waals surface area contributed by atoms with Crippen LogP contribution in [0.1, 0.15) is 72.2 Å². The molecule has 2 aliphatic rings. The summed E-state index contributed by atoms with van der Waals surface area (Å²) in [6.45, 7) is 9.84. The van der Waals surface area contributed by atoms with Gasteiger partial charge in [0.15, 0.2) is 10.9 Å². The number of aryl methyl sites for hydroxylation is 1. The average molecular weight is 561 g/mol. The van der Waals surface area contributed by atoms with E-state index < -0.39 is 17.7 Å². The molecule has 0 unspecified atom stereocenters. The monoisotopic (exact) mass is 560 g/mol. The molecule has 8 nitrogen and oxygen atoms in total. The maximum absolute atomic E-state index is 13.6. The molecule has 2 atom stereocenters. The normalized spacial score (nSPS) is 19.7. The number of anilines is 1. The van der Waals surface area contributed by atoms with Gasteiger partial charge in [-0.05, 0) is 67.6 Å². The first-order chi connectivity index (χ1) is 19.0. The van der Waals surface area contributed by atoms with E-state index in [9.17, 15) is 19.5 Å². The third kappa shape index (κ3) is 5.13. The highest BCUT2D eigenvalue weighted by Crippen LogP contribution is 2.45. The number of nitrogens with zero attached hydrogens (tertiary/aromatic N) is 2.